The van der Waals surface area contributed by atoms with Crippen molar-refractivity contribution < 1.29 is 18.8 Å². The summed E-state index contributed by atoms with van der Waals surface area (Å²) in [5.74, 6) is 0.345. The van der Waals surface area contributed by atoms with Gasteiger partial charge < -0.3 is 14.6 Å². The molecule has 6 heteroatoms. The van der Waals surface area contributed by atoms with E-state index in [9.17, 15) is 9.59 Å². The fourth-order valence-electron chi connectivity index (χ4n) is 2.89. The van der Waals surface area contributed by atoms with Gasteiger partial charge in [0.1, 0.15) is 6.26 Å². The fraction of sp³-hybridized carbons (Fsp3) is 0.688. The van der Waals surface area contributed by atoms with E-state index in [-0.39, 0.29) is 18.5 Å². The molecule has 0 saturated heterocycles. The number of carbonyl (C=O) groups excluding carboxylic acids is 2. The Hall–Kier alpha value is -1.85. The van der Waals surface area contributed by atoms with Gasteiger partial charge in [-0.3, -0.25) is 9.59 Å². The number of ether oxygens (including phenoxy) is 1. The molecule has 122 valence electrons. The first-order valence-corrected chi connectivity index (χ1v) is 8.06. The Balaban J connectivity index is 1.64. The molecule has 2 rings (SSSR count). The summed E-state index contributed by atoms with van der Waals surface area (Å²) in [5, 5.41) is 6.05. The lowest BCUT2D eigenvalue weighted by Crippen LogP contribution is -2.27. The van der Waals surface area contributed by atoms with E-state index in [0.29, 0.717) is 5.82 Å². The summed E-state index contributed by atoms with van der Waals surface area (Å²) in [6.07, 6.45) is 9.04. The summed E-state index contributed by atoms with van der Waals surface area (Å²) in [4.78, 5) is 23.6. The lowest BCUT2D eigenvalue weighted by atomic mass is 9.80. The molecule has 22 heavy (non-hydrogen) atoms. The van der Waals surface area contributed by atoms with Crippen molar-refractivity contribution in [2.24, 2.45) is 11.8 Å². The van der Waals surface area contributed by atoms with Gasteiger partial charge in [-0.15, -0.1) is 0 Å². The molecule has 0 bridgehead atoms. The van der Waals surface area contributed by atoms with Crippen molar-refractivity contribution in [1.29, 1.82) is 0 Å². The molecule has 0 spiro atoms. The molecule has 1 N–H and O–H groups in total. The first kappa shape index (κ1) is 16.5. The number of hydrogen-bond donors (Lipinski definition) is 1. The van der Waals surface area contributed by atoms with Crippen molar-refractivity contribution in [1.82, 2.24) is 5.16 Å². The lowest BCUT2D eigenvalue weighted by Gasteiger charge is -2.27. The number of nitrogens with one attached hydrogen (secondary N) is 1. The van der Waals surface area contributed by atoms with Gasteiger partial charge in [0.2, 0.25) is 0 Å². The summed E-state index contributed by atoms with van der Waals surface area (Å²) in [7, 11) is 0. The molecule has 1 saturated carbocycles. The third-order valence-electron chi connectivity index (χ3n) is 4.20. The molecule has 0 unspecified atom stereocenters. The Kier molecular flexibility index (Phi) is 6.43. The minimum Gasteiger partial charge on any atom is -0.455 e. The number of nitrogens with zero attached hydrogens (tertiary/aromatic N) is 1. The number of anilines is 1. The van der Waals surface area contributed by atoms with E-state index in [1.165, 1.54) is 31.6 Å². The van der Waals surface area contributed by atoms with Gasteiger partial charge in [-0.25, -0.2) is 0 Å². The van der Waals surface area contributed by atoms with Crippen LogP contribution in [0.15, 0.2) is 16.9 Å². The second-order valence-corrected chi connectivity index (χ2v) is 5.90. The Morgan fingerprint density at radius 2 is 2.14 bits per heavy atom. The summed E-state index contributed by atoms with van der Waals surface area (Å²) < 4.78 is 9.70. The van der Waals surface area contributed by atoms with E-state index in [1.54, 1.807) is 0 Å². The molecule has 1 fully saturated rings. The molecule has 1 aliphatic carbocycles. The maximum Gasteiger partial charge on any atom is 0.309 e. The average Bonchev–Trinajstić information content (AvgIpc) is 3.04. The Morgan fingerprint density at radius 1 is 1.36 bits per heavy atom. The van der Waals surface area contributed by atoms with Crippen LogP contribution in [0.1, 0.15) is 51.9 Å². The Morgan fingerprint density at radius 3 is 2.77 bits per heavy atom. The second-order valence-electron chi connectivity index (χ2n) is 5.90. The van der Waals surface area contributed by atoms with Gasteiger partial charge in [0.15, 0.2) is 12.4 Å². The highest BCUT2D eigenvalue weighted by Crippen LogP contribution is 2.32. The highest BCUT2D eigenvalue weighted by Gasteiger charge is 2.27. The zero-order chi connectivity index (χ0) is 15.8. The molecule has 0 atom stereocenters. The number of esters is 1. The van der Waals surface area contributed by atoms with Gasteiger partial charge in [0.25, 0.3) is 5.91 Å². The van der Waals surface area contributed by atoms with Crippen LogP contribution in [0.2, 0.25) is 0 Å². The van der Waals surface area contributed by atoms with E-state index in [1.807, 2.05) is 0 Å². The van der Waals surface area contributed by atoms with E-state index in [4.69, 9.17) is 4.74 Å². The summed E-state index contributed by atoms with van der Waals surface area (Å²) in [5.41, 5.74) is 0. The fourth-order valence-corrected chi connectivity index (χ4v) is 2.89. The maximum atomic E-state index is 12.0. The van der Waals surface area contributed by atoms with Gasteiger partial charge in [-0.1, -0.05) is 31.3 Å². The smallest absolute Gasteiger partial charge is 0.309 e. The summed E-state index contributed by atoms with van der Waals surface area (Å²) in [6.45, 7) is 1.93. The standard InChI is InChI=1S/C16H24N2O4/c1-2-3-4-12-5-7-13(8-6-12)16(20)21-11-15(19)17-14-9-10-22-18-14/h9-10,12-13H,2-8,11H2,1H3,(H,17,18,19). The van der Waals surface area contributed by atoms with Crippen molar-refractivity contribution in [2.75, 3.05) is 11.9 Å². The van der Waals surface area contributed by atoms with E-state index >= 15 is 0 Å². The SMILES string of the molecule is CCCCC1CCC(C(=O)OCC(=O)Nc2ccon2)CC1. The van der Waals surface area contributed by atoms with Gasteiger partial charge in [-0.05, 0) is 31.6 Å². The zero-order valence-electron chi connectivity index (χ0n) is 13.0. The monoisotopic (exact) mass is 308 g/mol. The maximum absolute atomic E-state index is 12.0. The highest BCUT2D eigenvalue weighted by molar-refractivity contribution is 5.91. The molecule has 1 aromatic rings. The first-order valence-electron chi connectivity index (χ1n) is 8.06. The lowest BCUT2D eigenvalue weighted by molar-refractivity contribution is -0.152. The van der Waals surface area contributed by atoms with Crippen LogP contribution in [0.3, 0.4) is 0 Å². The first-order chi connectivity index (χ1) is 10.7. The van der Waals surface area contributed by atoms with Crippen LogP contribution in [0.5, 0.6) is 0 Å². The van der Waals surface area contributed by atoms with Crippen LogP contribution in [-0.4, -0.2) is 23.6 Å². The Labute approximate surface area is 130 Å². The quantitative estimate of drug-likeness (QED) is 0.782. The van der Waals surface area contributed by atoms with Crippen LogP contribution in [-0.2, 0) is 14.3 Å². The normalized spacial score (nSPS) is 21.3. The number of carbonyl (C=O) groups is 2. The average molecular weight is 308 g/mol. The molecule has 1 heterocycles. The van der Waals surface area contributed by atoms with Crippen LogP contribution in [0, 0.1) is 11.8 Å². The predicted octanol–water partition coefficient (Wildman–Crippen LogP) is 3.15. The van der Waals surface area contributed by atoms with E-state index in [0.717, 1.165) is 31.6 Å². The molecular weight excluding hydrogens is 284 g/mol. The van der Waals surface area contributed by atoms with Crippen LogP contribution in [0.4, 0.5) is 5.82 Å². The second kappa shape index (κ2) is 8.56. The molecule has 0 aliphatic heterocycles. The topological polar surface area (TPSA) is 81.4 Å². The predicted molar refractivity (Wildman–Crippen MR) is 81.1 cm³/mol. The molecule has 6 nitrogen and oxygen atoms in total. The molecule has 1 amide bonds. The highest BCUT2D eigenvalue weighted by atomic mass is 16.5. The third-order valence-corrected chi connectivity index (χ3v) is 4.20. The van der Waals surface area contributed by atoms with Gasteiger partial charge in [-0.2, -0.15) is 0 Å². The molecule has 1 aromatic heterocycles. The van der Waals surface area contributed by atoms with E-state index < -0.39 is 5.91 Å². The van der Waals surface area contributed by atoms with Crippen molar-refractivity contribution in [3.8, 4) is 0 Å². The minimum atomic E-state index is -0.404. The summed E-state index contributed by atoms with van der Waals surface area (Å²) >= 11 is 0. The van der Waals surface area contributed by atoms with Crippen molar-refractivity contribution in [3.05, 3.63) is 12.3 Å². The summed E-state index contributed by atoms with van der Waals surface area (Å²) in [6, 6.07) is 1.53. The number of aromatic nitrogens is 1. The van der Waals surface area contributed by atoms with Crippen molar-refractivity contribution in [2.45, 2.75) is 51.9 Å². The number of unbranched alkanes of at least 4 members (excludes halogenated alkanes) is 1. The molecule has 0 aromatic carbocycles. The Bertz CT molecular complexity index is 465. The van der Waals surface area contributed by atoms with Crippen molar-refractivity contribution in [3.63, 3.8) is 0 Å². The van der Waals surface area contributed by atoms with Crippen molar-refractivity contribution >= 4 is 17.7 Å². The third kappa shape index (κ3) is 5.16. The molecular formula is C16H24N2O4. The molecule has 0 radical (unpaired) electrons. The number of hydrogen-bond acceptors (Lipinski definition) is 5. The van der Waals surface area contributed by atoms with Crippen LogP contribution < -0.4 is 5.32 Å². The zero-order valence-corrected chi connectivity index (χ0v) is 13.0. The van der Waals surface area contributed by atoms with Gasteiger partial charge >= 0.3 is 5.97 Å². The van der Waals surface area contributed by atoms with Gasteiger partial charge in [0, 0.05) is 6.07 Å². The number of amides is 1. The van der Waals surface area contributed by atoms with Gasteiger partial charge in [0.05, 0.1) is 5.92 Å². The largest absolute Gasteiger partial charge is 0.455 e. The van der Waals surface area contributed by atoms with E-state index in [2.05, 4.69) is 21.9 Å². The van der Waals surface area contributed by atoms with Crippen LogP contribution in [0.25, 0.3) is 0 Å². The molecule has 1 aliphatic rings. The number of rotatable bonds is 7. The minimum absolute atomic E-state index is 0.0577. The van der Waals surface area contributed by atoms with Crippen LogP contribution >= 0.6 is 0 Å².